The van der Waals surface area contributed by atoms with Crippen LogP contribution in [0.4, 0.5) is 0 Å². The highest BCUT2D eigenvalue weighted by Crippen LogP contribution is 2.58. The number of aryl methyl sites for hydroxylation is 1. The lowest BCUT2D eigenvalue weighted by atomic mass is 9.84. The van der Waals surface area contributed by atoms with Crippen molar-refractivity contribution in [2.75, 3.05) is 0 Å². The van der Waals surface area contributed by atoms with E-state index in [-0.39, 0.29) is 22.8 Å². The molecule has 1 aromatic heterocycles. The molecule has 9 heteroatoms. The molecule has 2 heterocycles. The van der Waals surface area contributed by atoms with E-state index in [0.29, 0.717) is 33.5 Å². The number of sulfone groups is 1. The third kappa shape index (κ3) is 4.04. The molecule has 204 valence electrons. The van der Waals surface area contributed by atoms with Gasteiger partial charge in [-0.3, -0.25) is 0 Å². The Bertz CT molecular complexity index is 1800. The Hall–Kier alpha value is -3.62. The molecular weight excluding hydrogens is 550 g/mol. The van der Waals surface area contributed by atoms with Gasteiger partial charge in [-0.25, -0.2) is 13.2 Å². The molecule has 40 heavy (non-hydrogen) atoms. The highest BCUT2D eigenvalue weighted by molar-refractivity contribution is 7.90. The van der Waals surface area contributed by atoms with Crippen molar-refractivity contribution >= 4 is 27.4 Å². The van der Waals surface area contributed by atoms with Crippen molar-refractivity contribution in [2.45, 2.75) is 61.2 Å². The van der Waals surface area contributed by atoms with Crippen LogP contribution in [0, 0.1) is 6.92 Å². The van der Waals surface area contributed by atoms with Gasteiger partial charge in [0.15, 0.2) is 9.84 Å². The summed E-state index contributed by atoms with van der Waals surface area (Å²) < 4.78 is 39.3. The molecule has 1 aliphatic heterocycles. The Morgan fingerprint density at radius 3 is 2.62 bits per heavy atom. The molecule has 1 spiro atoms. The highest BCUT2D eigenvalue weighted by atomic mass is 35.5. The van der Waals surface area contributed by atoms with Gasteiger partial charge in [-0.2, -0.15) is 0 Å². The van der Waals surface area contributed by atoms with E-state index in [0.717, 1.165) is 53.7 Å². The van der Waals surface area contributed by atoms with Gasteiger partial charge in [0, 0.05) is 16.9 Å². The predicted molar refractivity (Wildman–Crippen MR) is 149 cm³/mol. The fourth-order valence-corrected chi connectivity index (χ4v) is 8.05. The highest BCUT2D eigenvalue weighted by Gasteiger charge is 2.51. The number of carboxylic acids is 1. The van der Waals surface area contributed by atoms with Crippen molar-refractivity contribution in [1.29, 1.82) is 0 Å². The molecule has 7 nitrogen and oxygen atoms in total. The fourth-order valence-electron chi connectivity index (χ4n) is 6.03. The van der Waals surface area contributed by atoms with Crippen LogP contribution < -0.4 is 4.74 Å². The standard InChI is InChI=1S/C31H26ClNO6S/c1-17-3-2-4-25(32)27(17)28-22(29(39-33-28)18-5-6-18)15-38-21-9-10-23-26(14-21)40(36,37)16-20-8-7-19(30(34)35)13-24(20)31(23)11-12-31/h2-4,7-10,13-14,18H,5-6,11-12,15-16H2,1H3,(H,34,35). The summed E-state index contributed by atoms with van der Waals surface area (Å²) in [5.41, 5.74) is 5.06. The molecule has 1 N–H and O–H groups in total. The van der Waals surface area contributed by atoms with Crippen molar-refractivity contribution in [2.24, 2.45) is 0 Å². The number of hydrogen-bond acceptors (Lipinski definition) is 6. The van der Waals surface area contributed by atoms with Crippen LogP contribution in [0.5, 0.6) is 5.75 Å². The van der Waals surface area contributed by atoms with E-state index in [1.807, 2.05) is 31.2 Å². The Morgan fingerprint density at radius 2 is 1.93 bits per heavy atom. The molecule has 3 aliphatic rings. The first-order valence-electron chi connectivity index (χ1n) is 13.3. The Morgan fingerprint density at radius 1 is 1.12 bits per heavy atom. The number of nitrogens with zero attached hydrogens (tertiary/aromatic N) is 1. The third-order valence-corrected chi connectivity index (χ3v) is 10.4. The van der Waals surface area contributed by atoms with Crippen molar-refractivity contribution < 1.29 is 27.6 Å². The SMILES string of the molecule is Cc1cccc(Cl)c1-c1noc(C2CC2)c1COc1ccc2c(c1)S(=O)(=O)Cc1ccc(C(=O)O)cc1C21CC1. The van der Waals surface area contributed by atoms with Crippen LogP contribution in [-0.4, -0.2) is 24.7 Å². The number of halogens is 1. The lowest BCUT2D eigenvalue weighted by molar-refractivity contribution is 0.0696. The summed E-state index contributed by atoms with van der Waals surface area (Å²) >= 11 is 6.56. The summed E-state index contributed by atoms with van der Waals surface area (Å²) in [6.45, 7) is 2.13. The number of carbonyl (C=O) groups is 1. The molecular formula is C31H26ClNO6S. The normalized spacial score (nSPS) is 18.1. The van der Waals surface area contributed by atoms with Crippen molar-refractivity contribution in [3.05, 3.63) is 98.8 Å². The molecule has 2 aliphatic carbocycles. The molecule has 3 aromatic carbocycles. The summed E-state index contributed by atoms with van der Waals surface area (Å²) in [6, 6.07) is 15.7. The summed E-state index contributed by atoms with van der Waals surface area (Å²) in [5.74, 6) is 0.297. The first-order valence-corrected chi connectivity index (χ1v) is 15.3. The smallest absolute Gasteiger partial charge is 0.335 e. The number of ether oxygens (including phenoxy) is 1. The number of benzene rings is 3. The minimum Gasteiger partial charge on any atom is -0.489 e. The van der Waals surface area contributed by atoms with Crippen LogP contribution in [0.3, 0.4) is 0 Å². The fraction of sp³-hybridized carbons (Fsp3) is 0.290. The van der Waals surface area contributed by atoms with Gasteiger partial charge >= 0.3 is 5.97 Å². The first-order chi connectivity index (χ1) is 19.2. The van der Waals surface area contributed by atoms with Gasteiger partial charge in [0.05, 0.1) is 26.8 Å². The van der Waals surface area contributed by atoms with Crippen LogP contribution >= 0.6 is 11.6 Å². The lowest BCUT2D eigenvalue weighted by Gasteiger charge is -2.19. The van der Waals surface area contributed by atoms with E-state index in [2.05, 4.69) is 5.16 Å². The zero-order chi connectivity index (χ0) is 27.8. The average Bonchev–Trinajstić information content (AvgIpc) is 3.85. The zero-order valence-electron chi connectivity index (χ0n) is 21.7. The first kappa shape index (κ1) is 25.4. The van der Waals surface area contributed by atoms with Crippen molar-refractivity contribution in [3.8, 4) is 17.0 Å². The molecule has 0 bridgehead atoms. The summed E-state index contributed by atoms with van der Waals surface area (Å²) in [7, 11) is -3.70. The van der Waals surface area contributed by atoms with Gasteiger partial charge in [-0.15, -0.1) is 0 Å². The number of aromatic nitrogens is 1. The number of aromatic carboxylic acids is 1. The monoisotopic (exact) mass is 575 g/mol. The molecule has 0 radical (unpaired) electrons. The van der Waals surface area contributed by atoms with Crippen LogP contribution in [0.15, 0.2) is 64.0 Å². The van der Waals surface area contributed by atoms with Gasteiger partial charge < -0.3 is 14.4 Å². The van der Waals surface area contributed by atoms with E-state index < -0.39 is 21.2 Å². The topological polar surface area (TPSA) is 107 Å². The zero-order valence-corrected chi connectivity index (χ0v) is 23.3. The van der Waals surface area contributed by atoms with Gasteiger partial charge in [-0.05, 0) is 85.2 Å². The van der Waals surface area contributed by atoms with Gasteiger partial charge in [0.25, 0.3) is 0 Å². The molecule has 0 saturated heterocycles. The van der Waals surface area contributed by atoms with E-state index in [9.17, 15) is 18.3 Å². The van der Waals surface area contributed by atoms with Gasteiger partial charge in [-0.1, -0.05) is 41.0 Å². The maximum absolute atomic E-state index is 13.6. The number of rotatable bonds is 6. The van der Waals surface area contributed by atoms with Crippen LogP contribution in [0.25, 0.3) is 11.3 Å². The maximum Gasteiger partial charge on any atom is 0.335 e. The minimum absolute atomic E-state index is 0.154. The largest absolute Gasteiger partial charge is 0.489 e. The van der Waals surface area contributed by atoms with Gasteiger partial charge in [0.1, 0.15) is 23.8 Å². The molecule has 2 fully saturated rings. The number of fused-ring (bicyclic) bond motifs is 4. The second-order valence-corrected chi connectivity index (χ2v) is 13.4. The molecule has 0 amide bonds. The Kier molecular flexibility index (Phi) is 5.67. The van der Waals surface area contributed by atoms with Gasteiger partial charge in [0.2, 0.25) is 0 Å². The van der Waals surface area contributed by atoms with Crippen molar-refractivity contribution in [3.63, 3.8) is 0 Å². The van der Waals surface area contributed by atoms with Crippen LogP contribution in [-0.2, 0) is 27.6 Å². The van der Waals surface area contributed by atoms with Crippen molar-refractivity contribution in [1.82, 2.24) is 5.16 Å². The summed E-state index contributed by atoms with van der Waals surface area (Å²) in [6.07, 6.45) is 3.56. The molecule has 4 aromatic rings. The molecule has 0 atom stereocenters. The number of hydrogen-bond donors (Lipinski definition) is 1. The maximum atomic E-state index is 13.6. The predicted octanol–water partition coefficient (Wildman–Crippen LogP) is 6.83. The Labute approximate surface area is 236 Å². The second-order valence-electron chi connectivity index (χ2n) is 11.0. The van der Waals surface area contributed by atoms with Crippen LogP contribution in [0.1, 0.15) is 75.5 Å². The molecule has 0 unspecified atom stereocenters. The van der Waals surface area contributed by atoms with E-state index >= 15 is 0 Å². The Balaban J connectivity index is 1.26. The molecule has 2 saturated carbocycles. The van der Waals surface area contributed by atoms with Crippen LogP contribution in [0.2, 0.25) is 5.02 Å². The molecule has 7 rings (SSSR count). The average molecular weight is 576 g/mol. The number of carboxylic acid groups (broad SMARTS) is 1. The summed E-state index contributed by atoms with van der Waals surface area (Å²) in [5, 5.41) is 14.5. The second kappa shape index (κ2) is 8.94. The quantitative estimate of drug-likeness (QED) is 0.269. The third-order valence-electron chi connectivity index (χ3n) is 8.38. The summed E-state index contributed by atoms with van der Waals surface area (Å²) in [4.78, 5) is 11.9. The minimum atomic E-state index is -3.70. The van der Waals surface area contributed by atoms with E-state index in [1.54, 1.807) is 24.3 Å². The van der Waals surface area contributed by atoms with E-state index in [4.69, 9.17) is 20.9 Å². The lowest BCUT2D eigenvalue weighted by Crippen LogP contribution is -2.13. The van der Waals surface area contributed by atoms with E-state index in [1.165, 1.54) is 6.07 Å².